The number of hydrogen-bond donors (Lipinski definition) is 1. The molecule has 1 aromatic heterocycles. The maximum absolute atomic E-state index is 9.33. The number of hydrogen-bond acceptors (Lipinski definition) is 4. The van der Waals surface area contributed by atoms with E-state index in [-0.39, 0.29) is 6.61 Å². The lowest BCUT2D eigenvalue weighted by Crippen LogP contribution is -2.43. The summed E-state index contributed by atoms with van der Waals surface area (Å²) >= 11 is 0. The second kappa shape index (κ2) is 4.86. The molecule has 0 spiro atoms. The number of pyridine rings is 1. The third kappa shape index (κ3) is 2.22. The molecule has 4 heteroatoms. The molecule has 1 N–H and O–H groups in total. The summed E-state index contributed by atoms with van der Waals surface area (Å²) in [5.41, 5.74) is 2.01. The van der Waals surface area contributed by atoms with Crippen LogP contribution in [-0.2, 0) is 17.8 Å². The van der Waals surface area contributed by atoms with E-state index in [0.717, 1.165) is 36.6 Å². The van der Waals surface area contributed by atoms with Gasteiger partial charge in [-0.3, -0.25) is 0 Å². The Balaban J connectivity index is 1.86. The van der Waals surface area contributed by atoms with Gasteiger partial charge in [0.2, 0.25) is 0 Å². The predicted octanol–water partition coefficient (Wildman–Crippen LogP) is 1.50. The largest absolute Gasteiger partial charge is 0.392 e. The lowest BCUT2D eigenvalue weighted by atomic mass is 10.2. The molecule has 2 aliphatic rings. The summed E-state index contributed by atoms with van der Waals surface area (Å²) in [7, 11) is 0. The Hall–Kier alpha value is -1.13. The number of rotatable bonds is 3. The molecule has 0 radical (unpaired) electrons. The summed E-state index contributed by atoms with van der Waals surface area (Å²) in [5.74, 6) is 0.999. The third-order valence-electron chi connectivity index (χ3n) is 3.84. The van der Waals surface area contributed by atoms with Crippen molar-refractivity contribution >= 4 is 5.82 Å². The Morgan fingerprint density at radius 1 is 1.33 bits per heavy atom. The number of ether oxygens (including phenoxy) is 1. The smallest absolute Gasteiger partial charge is 0.129 e. The second-order valence-corrected chi connectivity index (χ2v) is 5.20. The van der Waals surface area contributed by atoms with E-state index in [0.29, 0.717) is 12.2 Å². The number of morpholine rings is 1. The van der Waals surface area contributed by atoms with Crippen molar-refractivity contribution in [3.8, 4) is 0 Å². The molecule has 2 aliphatic heterocycles. The Morgan fingerprint density at radius 2 is 2.06 bits per heavy atom. The van der Waals surface area contributed by atoms with Crippen molar-refractivity contribution in [2.45, 2.75) is 45.0 Å². The standard InChI is InChI=1S/C14H20N2O2/c1-2-11-5-10(9-17)6-14(15-11)16-7-12-3-4-13(8-16)18-12/h5-6,12-13,17H,2-4,7-9H2,1H3. The normalized spacial score (nSPS) is 26.7. The van der Waals surface area contributed by atoms with Crippen LogP contribution in [0.4, 0.5) is 5.82 Å². The van der Waals surface area contributed by atoms with Gasteiger partial charge in [-0.2, -0.15) is 0 Å². The Morgan fingerprint density at radius 3 is 2.67 bits per heavy atom. The van der Waals surface area contributed by atoms with E-state index in [1.165, 1.54) is 12.8 Å². The highest BCUT2D eigenvalue weighted by atomic mass is 16.5. The van der Waals surface area contributed by atoms with Gasteiger partial charge in [0, 0.05) is 18.8 Å². The van der Waals surface area contributed by atoms with E-state index < -0.39 is 0 Å². The summed E-state index contributed by atoms with van der Waals surface area (Å²) in [6.45, 7) is 4.04. The highest BCUT2D eigenvalue weighted by Gasteiger charge is 2.34. The van der Waals surface area contributed by atoms with Crippen LogP contribution >= 0.6 is 0 Å². The minimum absolute atomic E-state index is 0.0831. The van der Waals surface area contributed by atoms with Gasteiger partial charge >= 0.3 is 0 Å². The number of anilines is 1. The lowest BCUT2D eigenvalue weighted by molar-refractivity contribution is 0.0302. The molecule has 98 valence electrons. The van der Waals surface area contributed by atoms with Crippen LogP contribution in [0.2, 0.25) is 0 Å². The first-order valence-electron chi connectivity index (χ1n) is 6.79. The highest BCUT2D eigenvalue weighted by Crippen LogP contribution is 2.29. The monoisotopic (exact) mass is 248 g/mol. The van der Waals surface area contributed by atoms with Gasteiger partial charge in [-0.05, 0) is 37.0 Å². The molecule has 2 atom stereocenters. The van der Waals surface area contributed by atoms with Gasteiger partial charge in [0.1, 0.15) is 5.82 Å². The van der Waals surface area contributed by atoms with Crippen molar-refractivity contribution in [2.24, 2.45) is 0 Å². The maximum Gasteiger partial charge on any atom is 0.129 e. The Kier molecular flexibility index (Phi) is 3.22. The highest BCUT2D eigenvalue weighted by molar-refractivity contribution is 5.44. The summed E-state index contributed by atoms with van der Waals surface area (Å²) in [4.78, 5) is 6.99. The number of nitrogens with zero attached hydrogens (tertiary/aromatic N) is 2. The van der Waals surface area contributed by atoms with Crippen molar-refractivity contribution in [1.82, 2.24) is 4.98 Å². The second-order valence-electron chi connectivity index (χ2n) is 5.20. The molecule has 0 amide bonds. The first-order chi connectivity index (χ1) is 8.78. The molecule has 2 bridgehead atoms. The molecule has 0 aromatic carbocycles. The van der Waals surface area contributed by atoms with E-state index in [1.54, 1.807) is 0 Å². The zero-order valence-electron chi connectivity index (χ0n) is 10.8. The molecule has 2 unspecified atom stereocenters. The van der Waals surface area contributed by atoms with E-state index in [9.17, 15) is 5.11 Å². The predicted molar refractivity (Wildman–Crippen MR) is 69.6 cm³/mol. The van der Waals surface area contributed by atoms with Crippen LogP contribution in [0.1, 0.15) is 31.0 Å². The molecular weight excluding hydrogens is 228 g/mol. The molecule has 4 nitrogen and oxygen atoms in total. The van der Waals surface area contributed by atoms with Crippen LogP contribution in [0.25, 0.3) is 0 Å². The van der Waals surface area contributed by atoms with Crippen LogP contribution < -0.4 is 4.90 Å². The van der Waals surface area contributed by atoms with Crippen molar-refractivity contribution in [3.05, 3.63) is 23.4 Å². The zero-order chi connectivity index (χ0) is 12.5. The van der Waals surface area contributed by atoms with Gasteiger partial charge in [-0.25, -0.2) is 4.98 Å². The number of aliphatic hydroxyl groups excluding tert-OH is 1. The fourth-order valence-electron chi connectivity index (χ4n) is 2.87. The van der Waals surface area contributed by atoms with Crippen molar-refractivity contribution in [2.75, 3.05) is 18.0 Å². The average Bonchev–Trinajstić information content (AvgIpc) is 2.76. The van der Waals surface area contributed by atoms with Gasteiger partial charge in [0.25, 0.3) is 0 Å². The molecule has 0 saturated carbocycles. The lowest BCUT2D eigenvalue weighted by Gasteiger charge is -2.33. The summed E-state index contributed by atoms with van der Waals surface area (Å²) in [6.07, 6.45) is 3.97. The van der Waals surface area contributed by atoms with E-state index in [2.05, 4.69) is 16.8 Å². The summed E-state index contributed by atoms with van der Waals surface area (Å²) in [6, 6.07) is 3.99. The Bertz CT molecular complexity index is 402. The van der Waals surface area contributed by atoms with Crippen LogP contribution in [0.15, 0.2) is 12.1 Å². The first kappa shape index (κ1) is 11.9. The van der Waals surface area contributed by atoms with Crippen molar-refractivity contribution in [1.29, 1.82) is 0 Å². The molecule has 2 saturated heterocycles. The van der Waals surface area contributed by atoms with Gasteiger partial charge in [-0.15, -0.1) is 0 Å². The maximum atomic E-state index is 9.33. The average molecular weight is 248 g/mol. The fourth-order valence-corrected chi connectivity index (χ4v) is 2.87. The molecular formula is C14H20N2O2. The van der Waals surface area contributed by atoms with Crippen LogP contribution in [0, 0.1) is 0 Å². The van der Waals surface area contributed by atoms with E-state index in [1.807, 2.05) is 12.1 Å². The third-order valence-corrected chi connectivity index (χ3v) is 3.84. The summed E-state index contributed by atoms with van der Waals surface area (Å²) < 4.78 is 5.84. The molecule has 2 fully saturated rings. The number of aromatic nitrogens is 1. The molecule has 18 heavy (non-hydrogen) atoms. The molecule has 3 rings (SSSR count). The van der Waals surface area contributed by atoms with Gasteiger partial charge < -0.3 is 14.7 Å². The van der Waals surface area contributed by atoms with E-state index >= 15 is 0 Å². The van der Waals surface area contributed by atoms with Gasteiger partial charge in [-0.1, -0.05) is 6.92 Å². The topological polar surface area (TPSA) is 45.6 Å². The minimum atomic E-state index is 0.0831. The molecule has 0 aliphatic carbocycles. The molecule has 3 heterocycles. The van der Waals surface area contributed by atoms with Crippen LogP contribution in [0.5, 0.6) is 0 Å². The Labute approximate surface area is 108 Å². The van der Waals surface area contributed by atoms with Crippen molar-refractivity contribution in [3.63, 3.8) is 0 Å². The quantitative estimate of drug-likeness (QED) is 0.880. The van der Waals surface area contributed by atoms with Crippen LogP contribution in [-0.4, -0.2) is 35.4 Å². The first-order valence-corrected chi connectivity index (χ1v) is 6.79. The number of fused-ring (bicyclic) bond motifs is 2. The molecule has 1 aromatic rings. The number of aliphatic hydroxyl groups is 1. The fraction of sp³-hybridized carbons (Fsp3) is 0.643. The number of aryl methyl sites for hydroxylation is 1. The zero-order valence-corrected chi connectivity index (χ0v) is 10.8. The van der Waals surface area contributed by atoms with Gasteiger partial charge in [0.15, 0.2) is 0 Å². The SMILES string of the molecule is CCc1cc(CO)cc(N2CC3CCC(C2)O3)n1. The van der Waals surface area contributed by atoms with Crippen molar-refractivity contribution < 1.29 is 9.84 Å². The van der Waals surface area contributed by atoms with Crippen LogP contribution in [0.3, 0.4) is 0 Å². The minimum Gasteiger partial charge on any atom is -0.392 e. The van der Waals surface area contributed by atoms with Gasteiger partial charge in [0.05, 0.1) is 18.8 Å². The van der Waals surface area contributed by atoms with E-state index in [4.69, 9.17) is 4.74 Å². The summed E-state index contributed by atoms with van der Waals surface area (Å²) in [5, 5.41) is 9.33.